The number of aliphatic hydroxyl groups is 1. The molecule has 0 aromatic rings. The molecule has 32 heavy (non-hydrogen) atoms. The molecule has 2 nitrogen and oxygen atoms in total. The summed E-state index contributed by atoms with van der Waals surface area (Å²) < 4.78 is 0. The van der Waals surface area contributed by atoms with E-state index in [1.807, 2.05) is 0 Å². The third-order valence-electron chi connectivity index (χ3n) is 11.9. The SMILES string of the molecule is CC(C)CCC[C@@H](C)[C@H]1CC[C@@]2(C)[C@@H]1CC(=O)[C@@H]1[C@@]3(C)CC=C(O)C(C)(C)C3CC[C@]12C. The monoisotopic (exact) mass is 442 g/mol. The second-order valence-electron chi connectivity index (χ2n) is 14.2. The molecule has 3 saturated carbocycles. The van der Waals surface area contributed by atoms with Crippen molar-refractivity contribution in [1.82, 2.24) is 0 Å². The van der Waals surface area contributed by atoms with Gasteiger partial charge < -0.3 is 5.11 Å². The fourth-order valence-electron chi connectivity index (χ4n) is 9.88. The summed E-state index contributed by atoms with van der Waals surface area (Å²) in [5, 5.41) is 10.7. The van der Waals surface area contributed by atoms with Crippen LogP contribution in [-0.2, 0) is 4.79 Å². The van der Waals surface area contributed by atoms with Crippen molar-refractivity contribution >= 4 is 5.78 Å². The number of rotatable bonds is 5. The molecule has 0 aromatic carbocycles. The molecule has 3 fully saturated rings. The van der Waals surface area contributed by atoms with Gasteiger partial charge in [0.25, 0.3) is 0 Å². The van der Waals surface area contributed by atoms with Crippen LogP contribution in [0.4, 0.5) is 0 Å². The van der Waals surface area contributed by atoms with E-state index in [-0.39, 0.29) is 27.6 Å². The molecule has 0 heterocycles. The predicted octanol–water partition coefficient (Wildman–Crippen LogP) is 8.36. The molecule has 4 aliphatic carbocycles. The van der Waals surface area contributed by atoms with Crippen LogP contribution in [0.3, 0.4) is 0 Å². The second kappa shape index (κ2) is 7.88. The maximum absolute atomic E-state index is 14.1. The van der Waals surface area contributed by atoms with Gasteiger partial charge in [-0.15, -0.1) is 0 Å². The van der Waals surface area contributed by atoms with Gasteiger partial charge in [0.2, 0.25) is 0 Å². The van der Waals surface area contributed by atoms with E-state index in [0.29, 0.717) is 29.3 Å². The van der Waals surface area contributed by atoms with Gasteiger partial charge in [0.1, 0.15) is 5.78 Å². The molecule has 0 aliphatic heterocycles. The Morgan fingerprint density at radius 2 is 1.66 bits per heavy atom. The highest BCUT2D eigenvalue weighted by Crippen LogP contribution is 2.74. The summed E-state index contributed by atoms with van der Waals surface area (Å²) in [6.45, 7) is 19.0. The largest absolute Gasteiger partial charge is 0.512 e. The minimum atomic E-state index is -0.227. The van der Waals surface area contributed by atoms with E-state index in [4.69, 9.17) is 0 Å². The third-order valence-corrected chi connectivity index (χ3v) is 11.9. The Hall–Kier alpha value is -0.790. The summed E-state index contributed by atoms with van der Waals surface area (Å²) in [7, 11) is 0. The molecule has 4 rings (SSSR count). The van der Waals surface area contributed by atoms with Crippen LogP contribution in [0.2, 0.25) is 0 Å². The number of aliphatic hydroxyl groups excluding tert-OH is 1. The smallest absolute Gasteiger partial charge is 0.137 e. The molecule has 0 saturated heterocycles. The molecule has 1 N–H and O–H groups in total. The number of hydrogen-bond donors (Lipinski definition) is 1. The molecule has 0 aromatic heterocycles. The lowest BCUT2D eigenvalue weighted by molar-refractivity contribution is -0.194. The third kappa shape index (κ3) is 3.28. The molecular formula is C30H50O2. The number of hydrogen-bond acceptors (Lipinski definition) is 2. The highest BCUT2D eigenvalue weighted by Gasteiger charge is 2.70. The number of allylic oxidation sites excluding steroid dienone is 2. The lowest BCUT2D eigenvalue weighted by Gasteiger charge is -2.67. The Balaban J connectivity index is 1.64. The second-order valence-corrected chi connectivity index (χ2v) is 14.2. The van der Waals surface area contributed by atoms with Gasteiger partial charge in [-0.05, 0) is 84.0 Å². The quantitative estimate of drug-likeness (QED) is 0.464. The summed E-state index contributed by atoms with van der Waals surface area (Å²) in [4.78, 5) is 14.1. The summed E-state index contributed by atoms with van der Waals surface area (Å²) in [5.41, 5.74) is 0.0929. The Labute approximate surface area is 198 Å². The molecule has 4 aliphatic rings. The average Bonchev–Trinajstić information content (AvgIpc) is 3.03. The van der Waals surface area contributed by atoms with Crippen molar-refractivity contribution in [3.05, 3.63) is 11.8 Å². The number of fused-ring (bicyclic) bond motifs is 5. The van der Waals surface area contributed by atoms with Gasteiger partial charge in [0.15, 0.2) is 0 Å². The van der Waals surface area contributed by atoms with Crippen LogP contribution in [0.1, 0.15) is 113 Å². The van der Waals surface area contributed by atoms with Crippen LogP contribution in [0.25, 0.3) is 0 Å². The molecule has 2 heteroatoms. The molecule has 0 amide bonds. The first-order chi connectivity index (χ1) is 14.8. The minimum Gasteiger partial charge on any atom is -0.512 e. The fraction of sp³-hybridized carbons (Fsp3) is 0.900. The fourth-order valence-corrected chi connectivity index (χ4v) is 9.88. The lowest BCUT2D eigenvalue weighted by Crippen LogP contribution is -2.64. The van der Waals surface area contributed by atoms with Gasteiger partial charge in [-0.3, -0.25) is 4.79 Å². The van der Waals surface area contributed by atoms with Crippen LogP contribution in [0.5, 0.6) is 0 Å². The molecule has 0 spiro atoms. The van der Waals surface area contributed by atoms with Gasteiger partial charge in [0, 0.05) is 17.8 Å². The first-order valence-electron chi connectivity index (χ1n) is 13.7. The van der Waals surface area contributed by atoms with Gasteiger partial charge in [0.05, 0.1) is 5.76 Å². The van der Waals surface area contributed by atoms with Crippen LogP contribution in [0.15, 0.2) is 11.8 Å². The summed E-state index contributed by atoms with van der Waals surface area (Å²) in [5.74, 6) is 4.41. The maximum atomic E-state index is 14.1. The molecule has 8 atom stereocenters. The molecule has 1 unspecified atom stereocenters. The van der Waals surface area contributed by atoms with E-state index >= 15 is 0 Å². The van der Waals surface area contributed by atoms with Crippen molar-refractivity contribution in [3.63, 3.8) is 0 Å². The first kappa shape index (κ1) is 24.3. The van der Waals surface area contributed by atoms with Crippen molar-refractivity contribution in [3.8, 4) is 0 Å². The minimum absolute atomic E-state index is 0.0330. The predicted molar refractivity (Wildman–Crippen MR) is 133 cm³/mol. The Kier molecular flexibility index (Phi) is 5.99. The van der Waals surface area contributed by atoms with Gasteiger partial charge >= 0.3 is 0 Å². The standard InChI is InChI=1S/C30H50O2/c1-19(2)10-9-11-20(3)21-12-16-29(7)22(21)18-23(31)26-28(6)15-14-25(32)27(4,5)24(28)13-17-30(26,29)8/h14,19-22,24,26,32H,9-13,15-18H2,1-8H3/t20-,21-,22-,24?,26-,28+,29+,30-/m1/s1. The van der Waals surface area contributed by atoms with Crippen LogP contribution >= 0.6 is 0 Å². The van der Waals surface area contributed by atoms with E-state index in [1.165, 1.54) is 32.1 Å². The number of carbonyl (C=O) groups excluding carboxylic acids is 1. The number of Topliss-reactive ketones (excluding diaryl/α,β-unsaturated/α-hetero) is 1. The average molecular weight is 443 g/mol. The number of carbonyl (C=O) groups is 1. The van der Waals surface area contributed by atoms with Gasteiger partial charge in [-0.2, -0.15) is 0 Å². The van der Waals surface area contributed by atoms with E-state index in [1.54, 1.807) is 0 Å². The zero-order valence-electron chi connectivity index (χ0n) is 22.3. The molecule has 182 valence electrons. The molecular weight excluding hydrogens is 392 g/mol. The van der Waals surface area contributed by atoms with E-state index < -0.39 is 0 Å². The van der Waals surface area contributed by atoms with Gasteiger partial charge in [-0.25, -0.2) is 0 Å². The zero-order chi connectivity index (χ0) is 23.7. The Bertz CT molecular complexity index is 778. The highest BCUT2D eigenvalue weighted by atomic mass is 16.3. The van der Waals surface area contributed by atoms with Crippen molar-refractivity contribution in [2.24, 2.45) is 57.2 Å². The van der Waals surface area contributed by atoms with Gasteiger partial charge in [-0.1, -0.05) is 74.7 Å². The topological polar surface area (TPSA) is 37.3 Å². The van der Waals surface area contributed by atoms with Crippen LogP contribution in [0, 0.1) is 57.2 Å². The van der Waals surface area contributed by atoms with E-state index in [2.05, 4.69) is 61.5 Å². The van der Waals surface area contributed by atoms with Crippen molar-refractivity contribution in [2.75, 3.05) is 0 Å². The van der Waals surface area contributed by atoms with Crippen molar-refractivity contribution in [1.29, 1.82) is 0 Å². The van der Waals surface area contributed by atoms with E-state index in [0.717, 1.165) is 37.5 Å². The van der Waals surface area contributed by atoms with Crippen molar-refractivity contribution in [2.45, 2.75) is 113 Å². The molecule has 0 radical (unpaired) electrons. The van der Waals surface area contributed by atoms with Crippen LogP contribution in [-0.4, -0.2) is 10.9 Å². The lowest BCUT2D eigenvalue weighted by atomic mass is 9.36. The first-order valence-corrected chi connectivity index (χ1v) is 13.7. The highest BCUT2D eigenvalue weighted by molar-refractivity contribution is 5.85. The zero-order valence-corrected chi connectivity index (χ0v) is 22.3. The summed E-state index contributed by atoms with van der Waals surface area (Å²) >= 11 is 0. The Morgan fingerprint density at radius 1 is 1.00 bits per heavy atom. The van der Waals surface area contributed by atoms with Crippen LogP contribution < -0.4 is 0 Å². The normalized spacial score (nSPS) is 46.3. The van der Waals surface area contributed by atoms with Crippen molar-refractivity contribution < 1.29 is 9.90 Å². The Morgan fingerprint density at radius 3 is 2.31 bits per heavy atom. The van der Waals surface area contributed by atoms with E-state index in [9.17, 15) is 9.90 Å². The maximum Gasteiger partial charge on any atom is 0.137 e. The summed E-state index contributed by atoms with van der Waals surface area (Å²) in [6, 6.07) is 0. The number of ketones is 1. The molecule has 0 bridgehead atoms. The summed E-state index contributed by atoms with van der Waals surface area (Å²) in [6.07, 6.45) is 12.6.